The van der Waals surface area contributed by atoms with Crippen molar-refractivity contribution < 1.29 is 4.43 Å². The van der Waals surface area contributed by atoms with Crippen LogP contribution in [0, 0.1) is 0 Å². The Labute approximate surface area is 185 Å². The van der Waals surface area contributed by atoms with E-state index in [2.05, 4.69) is 93.6 Å². The van der Waals surface area contributed by atoms with Crippen molar-refractivity contribution in [3.8, 4) is 0 Å². The van der Waals surface area contributed by atoms with Crippen LogP contribution in [-0.2, 0) is 4.43 Å². The van der Waals surface area contributed by atoms with Crippen LogP contribution in [0.1, 0.15) is 65.7 Å². The Morgan fingerprint density at radius 1 is 0.733 bits per heavy atom. The molecular weight excluding hydrogens is 382 g/mol. The van der Waals surface area contributed by atoms with Gasteiger partial charge in [0, 0.05) is 6.61 Å². The summed E-state index contributed by atoms with van der Waals surface area (Å²) in [6, 6.07) is 21.8. The van der Waals surface area contributed by atoms with Crippen molar-refractivity contribution in [2.24, 2.45) is 5.73 Å². The summed E-state index contributed by atoms with van der Waals surface area (Å²) in [6.45, 7) is 8.66. The van der Waals surface area contributed by atoms with Gasteiger partial charge in [-0.1, -0.05) is 100 Å². The predicted molar refractivity (Wildman–Crippen MR) is 134 cm³/mol. The average Bonchev–Trinajstić information content (AvgIpc) is 2.75. The van der Waals surface area contributed by atoms with Crippen molar-refractivity contribution in [2.45, 2.75) is 70.8 Å². The van der Waals surface area contributed by atoms with Crippen LogP contribution < -0.4 is 16.1 Å². The third-order valence-electron chi connectivity index (χ3n) is 5.74. The Balaban J connectivity index is 1.98. The van der Waals surface area contributed by atoms with Crippen LogP contribution in [0.2, 0.25) is 5.04 Å². The summed E-state index contributed by atoms with van der Waals surface area (Å²) in [6.07, 6.45) is 12.9. The molecule has 2 N–H and O–H groups in total. The summed E-state index contributed by atoms with van der Waals surface area (Å²) in [4.78, 5) is 0. The molecule has 0 saturated heterocycles. The highest BCUT2D eigenvalue weighted by Gasteiger charge is 2.49. The second-order valence-corrected chi connectivity index (χ2v) is 13.4. The Hall–Kier alpha value is -1.68. The standard InChI is InChI=1S/C27H41NOSi/c1-27(2,3)30(25-19-13-11-14-20-25,26-21-15-12-16-22-26)29-24-18-10-8-6-4-5-7-9-17-23-28/h4-5,11-16,19-22H,6-10,17-18,23-24,28H2,1-3H3/b5-4-. The lowest BCUT2D eigenvalue weighted by molar-refractivity contribution is 0.287. The topological polar surface area (TPSA) is 35.2 Å². The maximum absolute atomic E-state index is 6.95. The zero-order chi connectivity index (χ0) is 21.7. The zero-order valence-corrected chi connectivity index (χ0v) is 20.3. The van der Waals surface area contributed by atoms with Gasteiger partial charge >= 0.3 is 0 Å². The number of nitrogens with two attached hydrogens (primary N) is 1. The fourth-order valence-corrected chi connectivity index (χ4v) is 8.78. The summed E-state index contributed by atoms with van der Waals surface area (Å²) in [7, 11) is -2.37. The summed E-state index contributed by atoms with van der Waals surface area (Å²) < 4.78 is 6.95. The van der Waals surface area contributed by atoms with E-state index in [1.54, 1.807) is 0 Å². The van der Waals surface area contributed by atoms with Gasteiger partial charge in [-0.05, 0) is 60.5 Å². The van der Waals surface area contributed by atoms with Crippen molar-refractivity contribution >= 4 is 18.7 Å². The molecule has 0 amide bonds. The molecule has 0 aliphatic rings. The van der Waals surface area contributed by atoms with Crippen molar-refractivity contribution in [2.75, 3.05) is 13.2 Å². The van der Waals surface area contributed by atoms with Crippen LogP contribution >= 0.6 is 0 Å². The molecule has 2 aromatic rings. The lowest BCUT2D eigenvalue weighted by Gasteiger charge is -2.43. The van der Waals surface area contributed by atoms with Gasteiger partial charge < -0.3 is 10.2 Å². The van der Waals surface area contributed by atoms with Crippen LogP contribution in [0.5, 0.6) is 0 Å². The van der Waals surface area contributed by atoms with Gasteiger partial charge in [-0.15, -0.1) is 0 Å². The molecule has 0 aromatic heterocycles. The molecule has 2 rings (SSSR count). The van der Waals surface area contributed by atoms with Gasteiger partial charge in [0.05, 0.1) is 0 Å². The van der Waals surface area contributed by atoms with Gasteiger partial charge in [0.1, 0.15) is 0 Å². The van der Waals surface area contributed by atoms with Crippen molar-refractivity contribution in [1.82, 2.24) is 0 Å². The number of hydrogen-bond acceptors (Lipinski definition) is 2. The molecule has 3 heteroatoms. The number of allylic oxidation sites excluding steroid dienone is 2. The summed E-state index contributed by atoms with van der Waals surface area (Å²) in [5.74, 6) is 0. The van der Waals surface area contributed by atoms with E-state index in [1.807, 2.05) is 0 Å². The molecule has 2 aromatic carbocycles. The molecule has 0 unspecified atom stereocenters. The van der Waals surface area contributed by atoms with E-state index >= 15 is 0 Å². The first-order chi connectivity index (χ1) is 14.5. The largest absolute Gasteiger partial charge is 0.407 e. The molecule has 0 aliphatic carbocycles. The van der Waals surface area contributed by atoms with Gasteiger partial charge in [0.15, 0.2) is 0 Å². The maximum Gasteiger partial charge on any atom is 0.261 e. The minimum absolute atomic E-state index is 0.0575. The van der Waals surface area contributed by atoms with Gasteiger partial charge in [-0.2, -0.15) is 0 Å². The molecule has 0 aliphatic heterocycles. The summed E-state index contributed by atoms with van der Waals surface area (Å²) >= 11 is 0. The second-order valence-electron chi connectivity index (χ2n) is 9.12. The molecular formula is C27H41NOSi. The average molecular weight is 424 g/mol. The van der Waals surface area contributed by atoms with E-state index < -0.39 is 8.32 Å². The lowest BCUT2D eigenvalue weighted by Crippen LogP contribution is -2.66. The van der Waals surface area contributed by atoms with Crippen LogP contribution in [0.3, 0.4) is 0 Å². The van der Waals surface area contributed by atoms with E-state index in [1.165, 1.54) is 36.1 Å². The van der Waals surface area contributed by atoms with Crippen LogP contribution in [0.25, 0.3) is 0 Å². The Bertz CT molecular complexity index is 682. The molecule has 0 heterocycles. The number of unbranched alkanes of at least 4 members (excludes halogenated alkanes) is 5. The molecule has 0 spiro atoms. The first-order valence-corrected chi connectivity index (χ1v) is 13.5. The normalized spacial score (nSPS) is 12.5. The zero-order valence-electron chi connectivity index (χ0n) is 19.3. The van der Waals surface area contributed by atoms with Gasteiger partial charge in [0.2, 0.25) is 0 Å². The Morgan fingerprint density at radius 2 is 1.23 bits per heavy atom. The highest BCUT2D eigenvalue weighted by molar-refractivity contribution is 6.99. The SMILES string of the molecule is CC(C)(C)[Si](OCCCCC/C=C\CCCCN)(c1ccccc1)c1ccccc1. The van der Waals surface area contributed by atoms with Crippen molar-refractivity contribution in [1.29, 1.82) is 0 Å². The van der Waals surface area contributed by atoms with E-state index in [9.17, 15) is 0 Å². The van der Waals surface area contributed by atoms with Crippen LogP contribution in [-0.4, -0.2) is 21.5 Å². The molecule has 0 bridgehead atoms. The lowest BCUT2D eigenvalue weighted by atomic mass is 10.1. The minimum atomic E-state index is -2.37. The third-order valence-corrected chi connectivity index (χ3v) is 10.8. The molecule has 0 saturated carbocycles. The Morgan fingerprint density at radius 3 is 1.70 bits per heavy atom. The predicted octanol–water partition coefficient (Wildman–Crippen LogP) is 5.81. The minimum Gasteiger partial charge on any atom is -0.407 e. The number of benzene rings is 2. The summed E-state index contributed by atoms with van der Waals surface area (Å²) in [5.41, 5.74) is 5.54. The van der Waals surface area contributed by atoms with Crippen LogP contribution in [0.4, 0.5) is 0 Å². The van der Waals surface area contributed by atoms with Gasteiger partial charge in [-0.3, -0.25) is 0 Å². The monoisotopic (exact) mass is 423 g/mol. The molecule has 2 nitrogen and oxygen atoms in total. The van der Waals surface area contributed by atoms with Crippen molar-refractivity contribution in [3.63, 3.8) is 0 Å². The maximum atomic E-state index is 6.95. The quantitative estimate of drug-likeness (QED) is 0.251. The molecule has 30 heavy (non-hydrogen) atoms. The Kier molecular flexibility index (Phi) is 10.6. The molecule has 0 fully saturated rings. The smallest absolute Gasteiger partial charge is 0.261 e. The van der Waals surface area contributed by atoms with E-state index in [0.717, 1.165) is 32.4 Å². The molecule has 164 valence electrons. The first kappa shape index (κ1) is 24.6. The summed E-state index contributed by atoms with van der Waals surface area (Å²) in [5, 5.41) is 2.79. The van der Waals surface area contributed by atoms with Crippen LogP contribution in [0.15, 0.2) is 72.8 Å². The number of hydrogen-bond donors (Lipinski definition) is 1. The van der Waals surface area contributed by atoms with Gasteiger partial charge in [-0.25, -0.2) is 0 Å². The fraction of sp³-hybridized carbons (Fsp3) is 0.481. The fourth-order valence-electron chi connectivity index (χ4n) is 4.17. The van der Waals surface area contributed by atoms with Gasteiger partial charge in [0.25, 0.3) is 8.32 Å². The highest BCUT2D eigenvalue weighted by Crippen LogP contribution is 2.36. The number of rotatable bonds is 13. The van der Waals surface area contributed by atoms with E-state index in [-0.39, 0.29) is 5.04 Å². The second kappa shape index (κ2) is 12.9. The molecule has 0 radical (unpaired) electrons. The first-order valence-electron chi connectivity index (χ1n) is 11.6. The third kappa shape index (κ3) is 6.94. The van der Waals surface area contributed by atoms with E-state index in [4.69, 9.17) is 10.2 Å². The molecule has 0 atom stereocenters. The van der Waals surface area contributed by atoms with E-state index in [0.29, 0.717) is 0 Å². The highest BCUT2D eigenvalue weighted by atomic mass is 28.4. The van der Waals surface area contributed by atoms with Crippen molar-refractivity contribution in [3.05, 3.63) is 72.8 Å².